The number of carboxylic acid groups (broad SMARTS) is 1. The highest BCUT2D eigenvalue weighted by Crippen LogP contribution is 2.27. The smallest absolute Gasteiger partial charge is 0.335 e. The molecule has 0 radical (unpaired) electrons. The summed E-state index contributed by atoms with van der Waals surface area (Å²) in [5.74, 6) is -0.938. The van der Waals surface area contributed by atoms with Gasteiger partial charge < -0.3 is 10.4 Å². The molecule has 0 heterocycles. The molecule has 5 heteroatoms. The fourth-order valence-electron chi connectivity index (χ4n) is 1.86. The lowest BCUT2D eigenvalue weighted by molar-refractivity contribution is 0.0697. The van der Waals surface area contributed by atoms with Gasteiger partial charge in [-0.1, -0.05) is 45.7 Å². The van der Waals surface area contributed by atoms with Crippen LogP contribution in [0.2, 0.25) is 5.02 Å². The summed E-state index contributed by atoms with van der Waals surface area (Å²) in [7, 11) is 0. The molecule has 0 unspecified atom stereocenters. The van der Waals surface area contributed by atoms with Crippen molar-refractivity contribution in [1.82, 2.24) is 0 Å². The molecule has 0 aliphatic carbocycles. The fraction of sp³-hybridized carbons (Fsp3) is 0.133. The second kappa shape index (κ2) is 6.29. The molecule has 0 fully saturated rings. The maximum Gasteiger partial charge on any atom is 0.335 e. The molecule has 0 aromatic heterocycles. The van der Waals surface area contributed by atoms with E-state index in [9.17, 15) is 4.79 Å². The summed E-state index contributed by atoms with van der Waals surface area (Å²) in [5.41, 5.74) is 3.18. The van der Waals surface area contributed by atoms with E-state index in [1.165, 1.54) is 0 Å². The van der Waals surface area contributed by atoms with Crippen molar-refractivity contribution in [1.29, 1.82) is 0 Å². The Morgan fingerprint density at radius 2 is 2.10 bits per heavy atom. The molecule has 2 N–H and O–H groups in total. The molecule has 2 aromatic carbocycles. The van der Waals surface area contributed by atoms with Crippen LogP contribution in [0.15, 0.2) is 40.9 Å². The van der Waals surface area contributed by atoms with E-state index in [-0.39, 0.29) is 5.56 Å². The van der Waals surface area contributed by atoms with Crippen molar-refractivity contribution in [2.75, 3.05) is 5.32 Å². The third kappa shape index (κ3) is 3.32. The number of anilines is 1. The van der Waals surface area contributed by atoms with Gasteiger partial charge >= 0.3 is 5.97 Å². The van der Waals surface area contributed by atoms with Gasteiger partial charge in [0.05, 0.1) is 16.3 Å². The van der Waals surface area contributed by atoms with Gasteiger partial charge in [0.2, 0.25) is 0 Å². The van der Waals surface area contributed by atoms with Crippen molar-refractivity contribution < 1.29 is 9.90 Å². The first-order valence-corrected chi connectivity index (χ1v) is 7.17. The third-order valence-corrected chi connectivity index (χ3v) is 4.03. The average molecular weight is 355 g/mol. The molecule has 0 aliphatic rings. The Morgan fingerprint density at radius 3 is 2.70 bits per heavy atom. The molecular formula is C15H13BrClNO2. The predicted octanol–water partition coefficient (Wildman–Crippen LogP) is 4.72. The van der Waals surface area contributed by atoms with Crippen LogP contribution in [0.3, 0.4) is 0 Å². The van der Waals surface area contributed by atoms with Crippen LogP contribution in [-0.2, 0) is 6.54 Å². The monoisotopic (exact) mass is 353 g/mol. The molecule has 0 amide bonds. The zero-order valence-corrected chi connectivity index (χ0v) is 13.1. The van der Waals surface area contributed by atoms with E-state index in [0.717, 1.165) is 21.3 Å². The molecule has 0 aliphatic heterocycles. The highest BCUT2D eigenvalue weighted by atomic mass is 79.9. The maximum absolute atomic E-state index is 10.9. The van der Waals surface area contributed by atoms with E-state index < -0.39 is 5.97 Å². The molecule has 2 rings (SSSR count). The number of hydrogen-bond acceptors (Lipinski definition) is 2. The topological polar surface area (TPSA) is 49.3 Å². The summed E-state index contributed by atoms with van der Waals surface area (Å²) in [5, 5.41) is 12.9. The Bertz CT molecular complexity index is 638. The summed E-state index contributed by atoms with van der Waals surface area (Å²) < 4.78 is 0.759. The number of carbonyl (C=O) groups is 1. The van der Waals surface area contributed by atoms with E-state index in [2.05, 4.69) is 21.2 Å². The number of halogens is 2. The van der Waals surface area contributed by atoms with Gasteiger partial charge in [-0.25, -0.2) is 4.79 Å². The first-order valence-electron chi connectivity index (χ1n) is 5.99. The maximum atomic E-state index is 10.9. The number of nitrogens with one attached hydrogen (secondary N) is 1. The summed E-state index contributed by atoms with van der Waals surface area (Å²) in [6, 6.07) is 10.7. The Labute approximate surface area is 130 Å². The predicted molar refractivity (Wildman–Crippen MR) is 84.6 cm³/mol. The fourth-order valence-corrected chi connectivity index (χ4v) is 2.67. The minimum Gasteiger partial charge on any atom is -0.478 e. The van der Waals surface area contributed by atoms with E-state index in [0.29, 0.717) is 11.6 Å². The quantitative estimate of drug-likeness (QED) is 0.835. The minimum absolute atomic E-state index is 0.259. The standard InChI is InChI=1S/C15H13BrClNO2/c1-9-3-2-4-13(17)14(9)18-8-11-6-5-10(15(19)20)7-12(11)16/h2-7,18H,8H2,1H3,(H,19,20). The van der Waals surface area contributed by atoms with Gasteiger partial charge in [-0.3, -0.25) is 0 Å². The van der Waals surface area contributed by atoms with Crippen molar-refractivity contribution in [2.45, 2.75) is 13.5 Å². The first-order chi connectivity index (χ1) is 9.49. The second-order valence-electron chi connectivity index (χ2n) is 4.40. The van der Waals surface area contributed by atoms with Gasteiger partial charge in [-0.15, -0.1) is 0 Å². The first kappa shape index (κ1) is 14.9. The number of hydrogen-bond donors (Lipinski definition) is 2. The van der Waals surface area contributed by atoms with Crippen molar-refractivity contribution in [2.24, 2.45) is 0 Å². The lowest BCUT2D eigenvalue weighted by Gasteiger charge is -2.12. The van der Waals surface area contributed by atoms with E-state index in [4.69, 9.17) is 16.7 Å². The van der Waals surface area contributed by atoms with Crippen LogP contribution < -0.4 is 5.32 Å². The van der Waals surface area contributed by atoms with E-state index in [1.54, 1.807) is 18.2 Å². The second-order valence-corrected chi connectivity index (χ2v) is 5.66. The zero-order valence-electron chi connectivity index (χ0n) is 10.8. The van der Waals surface area contributed by atoms with Crippen LogP contribution in [0.4, 0.5) is 5.69 Å². The minimum atomic E-state index is -0.938. The Hall–Kier alpha value is -1.52. The zero-order chi connectivity index (χ0) is 14.7. The molecular weight excluding hydrogens is 342 g/mol. The SMILES string of the molecule is Cc1cccc(Cl)c1NCc1ccc(C(=O)O)cc1Br. The van der Waals surface area contributed by atoms with Crippen LogP contribution in [0.5, 0.6) is 0 Å². The van der Waals surface area contributed by atoms with Crippen molar-refractivity contribution in [3.05, 3.63) is 62.6 Å². The number of aromatic carboxylic acids is 1. The molecule has 2 aromatic rings. The summed E-state index contributed by atoms with van der Waals surface area (Å²) in [6.45, 7) is 2.54. The molecule has 0 saturated carbocycles. The van der Waals surface area contributed by atoms with Crippen LogP contribution in [0.1, 0.15) is 21.5 Å². The molecule has 3 nitrogen and oxygen atoms in total. The average Bonchev–Trinajstić information content (AvgIpc) is 2.39. The Kier molecular flexibility index (Phi) is 4.68. The number of carboxylic acids is 1. The van der Waals surface area contributed by atoms with Crippen LogP contribution >= 0.6 is 27.5 Å². The Balaban J connectivity index is 2.17. The number of rotatable bonds is 4. The largest absolute Gasteiger partial charge is 0.478 e. The molecule has 0 saturated heterocycles. The van der Waals surface area contributed by atoms with Gasteiger partial charge in [0.1, 0.15) is 0 Å². The normalized spacial score (nSPS) is 10.3. The van der Waals surface area contributed by atoms with E-state index >= 15 is 0 Å². The summed E-state index contributed by atoms with van der Waals surface area (Å²) >= 11 is 9.54. The summed E-state index contributed by atoms with van der Waals surface area (Å²) in [4.78, 5) is 10.9. The lowest BCUT2D eigenvalue weighted by Crippen LogP contribution is -2.04. The van der Waals surface area contributed by atoms with Crippen molar-refractivity contribution >= 4 is 39.2 Å². The number of para-hydroxylation sites is 1. The number of aryl methyl sites for hydroxylation is 1. The highest BCUT2D eigenvalue weighted by Gasteiger charge is 2.08. The summed E-state index contributed by atoms with van der Waals surface area (Å²) in [6.07, 6.45) is 0. The number of benzene rings is 2. The van der Waals surface area contributed by atoms with E-state index in [1.807, 2.05) is 25.1 Å². The molecule has 0 bridgehead atoms. The molecule has 0 atom stereocenters. The molecule has 104 valence electrons. The molecule has 0 spiro atoms. The van der Waals surface area contributed by atoms with Crippen molar-refractivity contribution in [3.63, 3.8) is 0 Å². The lowest BCUT2D eigenvalue weighted by atomic mass is 10.1. The third-order valence-electron chi connectivity index (χ3n) is 2.98. The van der Waals surface area contributed by atoms with Gasteiger partial charge in [0.25, 0.3) is 0 Å². The molecule has 20 heavy (non-hydrogen) atoms. The van der Waals surface area contributed by atoms with Gasteiger partial charge in [-0.05, 0) is 36.2 Å². The van der Waals surface area contributed by atoms with Crippen LogP contribution in [0, 0.1) is 6.92 Å². The van der Waals surface area contributed by atoms with Gasteiger partial charge in [0, 0.05) is 11.0 Å². The highest BCUT2D eigenvalue weighted by molar-refractivity contribution is 9.10. The van der Waals surface area contributed by atoms with Crippen LogP contribution in [-0.4, -0.2) is 11.1 Å². The van der Waals surface area contributed by atoms with Crippen molar-refractivity contribution in [3.8, 4) is 0 Å². The Morgan fingerprint density at radius 1 is 1.35 bits per heavy atom. The van der Waals surface area contributed by atoms with Gasteiger partial charge in [-0.2, -0.15) is 0 Å². The van der Waals surface area contributed by atoms with Gasteiger partial charge in [0.15, 0.2) is 0 Å². The van der Waals surface area contributed by atoms with Crippen LogP contribution in [0.25, 0.3) is 0 Å².